The van der Waals surface area contributed by atoms with Gasteiger partial charge in [-0.1, -0.05) is 19.3 Å². The lowest BCUT2D eigenvalue weighted by atomic mass is 9.74. The summed E-state index contributed by atoms with van der Waals surface area (Å²) in [5.41, 5.74) is 1.30. The number of hydrogen-bond donors (Lipinski definition) is 7. The smallest absolute Gasteiger partial charge is 0.426 e. The summed E-state index contributed by atoms with van der Waals surface area (Å²) in [5, 5.41) is 44.6. The third kappa shape index (κ3) is 6.18. The second kappa shape index (κ2) is 10.9. The largest absolute Gasteiger partial charge is 0.475 e. The van der Waals surface area contributed by atoms with Crippen LogP contribution >= 0.6 is 0 Å². The Morgan fingerprint density at radius 1 is 1.18 bits per heavy atom. The summed E-state index contributed by atoms with van der Waals surface area (Å²) in [4.78, 5) is 37.0. The van der Waals surface area contributed by atoms with Gasteiger partial charge in [0.25, 0.3) is 5.96 Å². The van der Waals surface area contributed by atoms with Crippen molar-refractivity contribution in [3.05, 3.63) is 10.1 Å². The Bertz CT molecular complexity index is 782. The van der Waals surface area contributed by atoms with Crippen LogP contribution in [0.15, 0.2) is 0 Å². The van der Waals surface area contributed by atoms with Gasteiger partial charge in [0, 0.05) is 6.54 Å². The van der Waals surface area contributed by atoms with E-state index < -0.39 is 41.4 Å². The maximum atomic E-state index is 13.5. The van der Waals surface area contributed by atoms with E-state index in [0.717, 1.165) is 25.7 Å². The lowest BCUT2D eigenvalue weighted by molar-refractivity contribution is -0.525. The van der Waals surface area contributed by atoms with Crippen molar-refractivity contribution in [3.8, 4) is 0 Å². The Balaban J connectivity index is 1.63. The van der Waals surface area contributed by atoms with E-state index in [-0.39, 0.29) is 24.8 Å². The number of amides is 2. The third-order valence-corrected chi connectivity index (χ3v) is 7.65. The van der Waals surface area contributed by atoms with Gasteiger partial charge in [0.2, 0.25) is 11.8 Å². The second-order valence-electron chi connectivity index (χ2n) is 10.7. The van der Waals surface area contributed by atoms with Gasteiger partial charge in [0.05, 0.1) is 11.4 Å². The first-order valence-corrected chi connectivity index (χ1v) is 12.2. The SMILES string of the molecule is CC(C)C[C@H](NC(=O)[C@H](CCCNC(=N)N[N+](=O)[O-])NC(=O)C12CC3CC(CC1C3)C2)B(O)O. The third-order valence-electron chi connectivity index (χ3n) is 7.65. The lowest BCUT2D eigenvalue weighted by Gasteiger charge is -2.33. The van der Waals surface area contributed by atoms with E-state index in [1.165, 1.54) is 6.42 Å². The zero-order valence-corrected chi connectivity index (χ0v) is 19.9. The van der Waals surface area contributed by atoms with E-state index in [4.69, 9.17) is 5.41 Å². The summed E-state index contributed by atoms with van der Waals surface area (Å²) >= 11 is 0. The Kier molecular flexibility index (Phi) is 8.40. The fourth-order valence-corrected chi connectivity index (χ4v) is 6.43. The van der Waals surface area contributed by atoms with Gasteiger partial charge < -0.3 is 26.0 Å². The maximum Gasteiger partial charge on any atom is 0.475 e. The summed E-state index contributed by atoms with van der Waals surface area (Å²) in [6, 6.07) is -0.882. The summed E-state index contributed by atoms with van der Waals surface area (Å²) in [7, 11) is -1.72. The predicted octanol–water partition coefficient (Wildman–Crippen LogP) is -0.0737. The molecule has 4 aliphatic rings. The number of nitrogens with one attached hydrogen (secondary N) is 5. The van der Waals surface area contributed by atoms with Crippen molar-refractivity contribution >= 4 is 24.9 Å². The molecule has 34 heavy (non-hydrogen) atoms. The molecule has 4 fully saturated rings. The van der Waals surface area contributed by atoms with E-state index in [1.54, 1.807) is 5.43 Å². The molecule has 4 saturated carbocycles. The molecule has 0 aromatic heterocycles. The van der Waals surface area contributed by atoms with Gasteiger partial charge in [-0.3, -0.25) is 15.0 Å². The van der Waals surface area contributed by atoms with Crippen LogP contribution in [0.3, 0.4) is 0 Å². The molecule has 0 aliphatic heterocycles. The molecule has 0 aromatic rings. The van der Waals surface area contributed by atoms with E-state index in [2.05, 4.69) is 16.0 Å². The fourth-order valence-electron chi connectivity index (χ4n) is 6.43. The first kappa shape index (κ1) is 26.2. The standard InChI is InChI=1S/C21H37BN6O6/c1-12(2)6-17(22(31)32)26-18(29)16(4-3-5-24-20(23)27-28(33)34)25-19(30)21-10-13-7-14(11-21)9-15(21)8-13/h12-17,31-32H,3-11H2,1-2H3,(H,25,30)(H,26,29)(H3,23,24,27)/t13?,14?,15?,16-,17-,21?/m0/s1. The molecule has 0 aromatic carbocycles. The lowest BCUT2D eigenvalue weighted by Crippen LogP contribution is -2.56. The quantitative estimate of drug-likeness (QED) is 0.0504. The molecule has 0 saturated heterocycles. The molecule has 4 bridgehead atoms. The number of hydrogen-bond acceptors (Lipinski definition) is 7. The number of carbonyl (C=O) groups excluding carboxylic acids is 2. The topological polar surface area (TPSA) is 190 Å². The Morgan fingerprint density at radius 3 is 2.38 bits per heavy atom. The zero-order chi connectivity index (χ0) is 25.0. The van der Waals surface area contributed by atoms with Gasteiger partial charge in [0.1, 0.15) is 6.04 Å². The zero-order valence-electron chi connectivity index (χ0n) is 19.9. The fraction of sp³-hybridized carbons (Fsp3) is 0.857. The minimum atomic E-state index is -1.72. The first-order valence-electron chi connectivity index (χ1n) is 12.2. The van der Waals surface area contributed by atoms with Crippen LogP contribution in [0.25, 0.3) is 0 Å². The van der Waals surface area contributed by atoms with Gasteiger partial charge >= 0.3 is 7.12 Å². The highest BCUT2D eigenvalue weighted by molar-refractivity contribution is 6.43. The van der Waals surface area contributed by atoms with Gasteiger partial charge in [-0.25, -0.2) is 10.1 Å². The van der Waals surface area contributed by atoms with Crippen molar-refractivity contribution < 1.29 is 24.7 Å². The highest BCUT2D eigenvalue weighted by Crippen LogP contribution is 2.65. The van der Waals surface area contributed by atoms with Gasteiger partial charge in [0.15, 0.2) is 5.03 Å². The predicted molar refractivity (Wildman–Crippen MR) is 125 cm³/mol. The number of nitrogens with zero attached hydrogens (tertiary/aromatic N) is 1. The van der Waals surface area contributed by atoms with Crippen LogP contribution in [-0.2, 0) is 9.59 Å². The van der Waals surface area contributed by atoms with Crippen LogP contribution in [-0.4, -0.2) is 58.5 Å². The summed E-state index contributed by atoms with van der Waals surface area (Å²) in [6.07, 6.45) is 6.03. The Labute approximate surface area is 199 Å². The molecule has 12 nitrogen and oxygen atoms in total. The number of carbonyl (C=O) groups is 2. The molecule has 2 amide bonds. The minimum Gasteiger partial charge on any atom is -0.426 e. The Hall–Kier alpha value is -2.41. The minimum absolute atomic E-state index is 0.0944. The van der Waals surface area contributed by atoms with Crippen LogP contribution in [0.5, 0.6) is 0 Å². The van der Waals surface area contributed by atoms with Crippen LogP contribution < -0.4 is 21.4 Å². The molecular weight excluding hydrogens is 443 g/mol. The van der Waals surface area contributed by atoms with Crippen LogP contribution in [0.4, 0.5) is 0 Å². The molecule has 13 heteroatoms. The van der Waals surface area contributed by atoms with Crippen molar-refractivity contribution in [3.63, 3.8) is 0 Å². The number of hydrazine groups is 1. The van der Waals surface area contributed by atoms with Gasteiger partial charge in [-0.15, -0.1) is 0 Å². The average Bonchev–Trinajstić information content (AvgIpc) is 3.13. The van der Waals surface area contributed by atoms with Crippen molar-refractivity contribution in [1.82, 2.24) is 21.4 Å². The molecule has 7 N–H and O–H groups in total. The maximum absolute atomic E-state index is 13.5. The molecule has 4 rings (SSSR count). The molecule has 4 aliphatic carbocycles. The van der Waals surface area contributed by atoms with Gasteiger partial charge in [-0.05, 0) is 75.0 Å². The van der Waals surface area contributed by atoms with E-state index in [9.17, 15) is 29.8 Å². The summed E-state index contributed by atoms with van der Waals surface area (Å²) < 4.78 is 0. The number of guanidine groups is 1. The number of rotatable bonds is 12. The molecule has 0 heterocycles. The van der Waals surface area contributed by atoms with Crippen molar-refractivity contribution in [2.45, 2.75) is 77.2 Å². The average molecular weight is 480 g/mol. The van der Waals surface area contributed by atoms with Crippen molar-refractivity contribution in [2.24, 2.45) is 29.1 Å². The summed E-state index contributed by atoms with van der Waals surface area (Å²) in [5.74, 6) is -0.259. The van der Waals surface area contributed by atoms with Crippen LogP contribution in [0.1, 0.15) is 65.2 Å². The molecule has 2 unspecified atom stereocenters. The molecular formula is C21H37BN6O6. The molecule has 0 radical (unpaired) electrons. The highest BCUT2D eigenvalue weighted by atomic mass is 16.7. The number of nitro groups is 1. The van der Waals surface area contributed by atoms with Crippen molar-refractivity contribution in [2.75, 3.05) is 6.54 Å². The molecule has 4 atom stereocenters. The normalized spacial score (nSPS) is 28.3. The monoisotopic (exact) mass is 480 g/mol. The Morgan fingerprint density at radius 2 is 1.82 bits per heavy atom. The molecule has 0 spiro atoms. The van der Waals surface area contributed by atoms with E-state index >= 15 is 0 Å². The van der Waals surface area contributed by atoms with E-state index in [1.807, 2.05) is 13.8 Å². The first-order chi connectivity index (χ1) is 16.0. The highest BCUT2D eigenvalue weighted by Gasteiger charge is 2.61. The van der Waals surface area contributed by atoms with Crippen LogP contribution in [0, 0.1) is 44.6 Å². The van der Waals surface area contributed by atoms with E-state index in [0.29, 0.717) is 30.6 Å². The summed E-state index contributed by atoms with van der Waals surface area (Å²) in [6.45, 7) is 4.01. The second-order valence-corrected chi connectivity index (χ2v) is 10.7. The van der Waals surface area contributed by atoms with Crippen LogP contribution in [0.2, 0.25) is 0 Å². The van der Waals surface area contributed by atoms with Crippen molar-refractivity contribution in [1.29, 1.82) is 5.41 Å². The molecule has 190 valence electrons. The van der Waals surface area contributed by atoms with Gasteiger partial charge in [-0.2, -0.15) is 0 Å².